The Balaban J connectivity index is 1.61. The molecule has 0 radical (unpaired) electrons. The first kappa shape index (κ1) is 18.2. The van der Waals surface area contributed by atoms with Gasteiger partial charge in [0.1, 0.15) is 5.75 Å². The van der Waals surface area contributed by atoms with E-state index in [0.29, 0.717) is 11.7 Å². The van der Waals surface area contributed by atoms with Gasteiger partial charge >= 0.3 is 6.18 Å². The minimum absolute atomic E-state index is 0.0631. The van der Waals surface area contributed by atoms with Crippen LogP contribution in [0, 0.1) is 0 Å². The van der Waals surface area contributed by atoms with Gasteiger partial charge in [0.25, 0.3) is 0 Å². The van der Waals surface area contributed by atoms with E-state index in [0.717, 1.165) is 30.5 Å². The van der Waals surface area contributed by atoms with Gasteiger partial charge in [-0.1, -0.05) is 36.4 Å². The zero-order chi connectivity index (χ0) is 19.9. The number of alkyl halides is 3. The lowest BCUT2D eigenvalue weighted by Gasteiger charge is -2.16. The largest absolute Gasteiger partial charge is 0.453 e. The normalized spacial score (nSPS) is 16.0. The highest BCUT2D eigenvalue weighted by Crippen LogP contribution is 2.43. The minimum atomic E-state index is -4.57. The summed E-state index contributed by atoms with van der Waals surface area (Å²) in [4.78, 5) is 0. The molecule has 0 aromatic heterocycles. The summed E-state index contributed by atoms with van der Waals surface area (Å²) in [6.45, 7) is 0. The third-order valence-electron chi connectivity index (χ3n) is 5.13. The molecule has 0 heterocycles. The molecule has 0 aliphatic heterocycles. The van der Waals surface area contributed by atoms with Crippen molar-refractivity contribution in [3.63, 3.8) is 0 Å². The Bertz CT molecular complexity index is 1020. The molecule has 28 heavy (non-hydrogen) atoms. The molecule has 3 aromatic rings. The fraction of sp³-hybridized carbons (Fsp3) is 0.182. The van der Waals surface area contributed by atoms with Crippen molar-refractivity contribution in [2.75, 3.05) is 11.5 Å². The van der Waals surface area contributed by atoms with Crippen LogP contribution < -0.4 is 16.2 Å². The van der Waals surface area contributed by atoms with E-state index in [4.69, 9.17) is 16.2 Å². The lowest BCUT2D eigenvalue weighted by Crippen LogP contribution is -2.10. The number of nitrogens with two attached hydrogens (primary N) is 2. The fourth-order valence-electron chi connectivity index (χ4n) is 3.71. The highest BCUT2D eigenvalue weighted by molar-refractivity contribution is 5.72. The van der Waals surface area contributed by atoms with Gasteiger partial charge in [-0.25, -0.2) is 0 Å². The van der Waals surface area contributed by atoms with Crippen LogP contribution in [0.3, 0.4) is 0 Å². The molecule has 4 N–H and O–H groups in total. The van der Waals surface area contributed by atoms with E-state index in [1.54, 1.807) is 6.07 Å². The second-order valence-electron chi connectivity index (χ2n) is 6.99. The van der Waals surface area contributed by atoms with E-state index >= 15 is 0 Å². The predicted molar refractivity (Wildman–Crippen MR) is 103 cm³/mol. The zero-order valence-corrected chi connectivity index (χ0v) is 15.0. The van der Waals surface area contributed by atoms with Crippen LogP contribution in [0.4, 0.5) is 24.5 Å². The lowest BCUT2D eigenvalue weighted by molar-refractivity contribution is -0.137. The fourth-order valence-corrected chi connectivity index (χ4v) is 3.71. The van der Waals surface area contributed by atoms with Crippen LogP contribution >= 0.6 is 0 Å². The molecule has 0 bridgehead atoms. The lowest BCUT2D eigenvalue weighted by atomic mass is 9.96. The standard InChI is InChI=1S/C22H19F3N2O/c23-22(24,25)18-8-9-19(26)21(20(18)27)28-17-7-6-14-10-15(11-16(14)12-17)13-4-2-1-3-5-13/h1-9,12,15H,10-11,26-27H2/t15-/m0/s1. The summed E-state index contributed by atoms with van der Waals surface area (Å²) in [5, 5.41) is 0. The van der Waals surface area contributed by atoms with Crippen molar-refractivity contribution in [1.82, 2.24) is 0 Å². The van der Waals surface area contributed by atoms with E-state index in [9.17, 15) is 13.2 Å². The summed E-state index contributed by atoms with van der Waals surface area (Å²) in [5.74, 6) is 0.646. The van der Waals surface area contributed by atoms with Crippen molar-refractivity contribution in [2.45, 2.75) is 24.9 Å². The predicted octanol–water partition coefficient (Wildman–Crippen LogP) is 5.54. The maximum atomic E-state index is 13.1. The van der Waals surface area contributed by atoms with E-state index in [1.165, 1.54) is 11.1 Å². The zero-order valence-electron chi connectivity index (χ0n) is 15.0. The Morgan fingerprint density at radius 3 is 2.29 bits per heavy atom. The first-order valence-electron chi connectivity index (χ1n) is 8.92. The molecule has 1 atom stereocenters. The summed E-state index contributed by atoms with van der Waals surface area (Å²) in [6, 6.07) is 17.8. The molecule has 0 amide bonds. The Labute approximate surface area is 160 Å². The number of rotatable bonds is 3. The Hall–Kier alpha value is -3.15. The van der Waals surface area contributed by atoms with Crippen molar-refractivity contribution in [3.8, 4) is 11.5 Å². The molecule has 1 aliphatic rings. The molecular formula is C22H19F3N2O. The number of hydrogen-bond acceptors (Lipinski definition) is 3. The minimum Gasteiger partial charge on any atom is -0.453 e. The van der Waals surface area contributed by atoms with E-state index < -0.39 is 17.4 Å². The summed E-state index contributed by atoms with van der Waals surface area (Å²) < 4.78 is 45.0. The van der Waals surface area contributed by atoms with Crippen LogP contribution in [-0.4, -0.2) is 0 Å². The molecule has 6 heteroatoms. The Morgan fingerprint density at radius 2 is 1.57 bits per heavy atom. The van der Waals surface area contributed by atoms with Crippen LogP contribution in [0.15, 0.2) is 60.7 Å². The number of fused-ring (bicyclic) bond motifs is 1. The van der Waals surface area contributed by atoms with Gasteiger partial charge in [-0.15, -0.1) is 0 Å². The Morgan fingerprint density at radius 1 is 0.857 bits per heavy atom. The van der Waals surface area contributed by atoms with Gasteiger partial charge in [-0.05, 0) is 59.7 Å². The second-order valence-corrected chi connectivity index (χ2v) is 6.99. The molecule has 144 valence electrons. The number of halogens is 3. The number of benzene rings is 3. The third kappa shape index (κ3) is 3.38. The molecule has 0 fully saturated rings. The quantitative estimate of drug-likeness (QED) is 0.583. The van der Waals surface area contributed by atoms with Gasteiger partial charge in [0.15, 0.2) is 5.75 Å². The molecule has 3 aromatic carbocycles. The van der Waals surface area contributed by atoms with E-state index in [2.05, 4.69) is 12.1 Å². The van der Waals surface area contributed by atoms with Crippen LogP contribution in [0.5, 0.6) is 11.5 Å². The van der Waals surface area contributed by atoms with Crippen molar-refractivity contribution in [1.29, 1.82) is 0 Å². The molecule has 0 saturated heterocycles. The average molecular weight is 384 g/mol. The van der Waals surface area contributed by atoms with Gasteiger partial charge < -0.3 is 16.2 Å². The maximum absolute atomic E-state index is 13.1. The number of hydrogen-bond donors (Lipinski definition) is 2. The summed E-state index contributed by atoms with van der Waals surface area (Å²) in [6.07, 6.45) is -2.80. The second kappa shape index (κ2) is 6.78. The topological polar surface area (TPSA) is 61.3 Å². The summed E-state index contributed by atoms with van der Waals surface area (Å²) in [5.41, 5.74) is 13.7. The van der Waals surface area contributed by atoms with Crippen molar-refractivity contribution in [3.05, 3.63) is 82.9 Å². The molecule has 0 unspecified atom stereocenters. The van der Waals surface area contributed by atoms with Crippen molar-refractivity contribution < 1.29 is 17.9 Å². The third-order valence-corrected chi connectivity index (χ3v) is 5.13. The monoisotopic (exact) mass is 384 g/mol. The maximum Gasteiger partial charge on any atom is 0.418 e. The van der Waals surface area contributed by atoms with Crippen molar-refractivity contribution in [2.24, 2.45) is 0 Å². The number of ether oxygens (including phenoxy) is 1. The molecule has 4 rings (SSSR count). The van der Waals surface area contributed by atoms with Crippen LogP contribution in [-0.2, 0) is 19.0 Å². The smallest absolute Gasteiger partial charge is 0.418 e. The first-order chi connectivity index (χ1) is 13.3. The molecule has 1 aliphatic carbocycles. The molecule has 0 spiro atoms. The highest BCUT2D eigenvalue weighted by Gasteiger charge is 2.35. The van der Waals surface area contributed by atoms with Gasteiger partial charge in [-0.3, -0.25) is 0 Å². The first-order valence-corrected chi connectivity index (χ1v) is 8.92. The van der Waals surface area contributed by atoms with Gasteiger partial charge in [-0.2, -0.15) is 13.2 Å². The summed E-state index contributed by atoms with van der Waals surface area (Å²) >= 11 is 0. The Kier molecular flexibility index (Phi) is 4.41. The highest BCUT2D eigenvalue weighted by atomic mass is 19.4. The summed E-state index contributed by atoms with van der Waals surface area (Å²) in [7, 11) is 0. The molecular weight excluding hydrogens is 365 g/mol. The van der Waals surface area contributed by atoms with Crippen LogP contribution in [0.25, 0.3) is 0 Å². The molecule has 3 nitrogen and oxygen atoms in total. The SMILES string of the molecule is Nc1ccc(C(F)(F)F)c(N)c1Oc1ccc2c(c1)C[C@@H](c1ccccc1)C2. The van der Waals surface area contributed by atoms with E-state index in [1.807, 2.05) is 30.3 Å². The molecule has 0 saturated carbocycles. The number of anilines is 2. The van der Waals surface area contributed by atoms with Crippen LogP contribution in [0.2, 0.25) is 0 Å². The van der Waals surface area contributed by atoms with Crippen LogP contribution in [0.1, 0.15) is 28.2 Å². The van der Waals surface area contributed by atoms with Gasteiger partial charge in [0, 0.05) is 0 Å². The van der Waals surface area contributed by atoms with Gasteiger partial charge in [0.2, 0.25) is 0 Å². The number of nitrogen functional groups attached to an aromatic ring is 2. The average Bonchev–Trinajstić information content (AvgIpc) is 3.08. The van der Waals surface area contributed by atoms with Gasteiger partial charge in [0.05, 0.1) is 16.9 Å². The van der Waals surface area contributed by atoms with Crippen molar-refractivity contribution >= 4 is 11.4 Å². The van der Waals surface area contributed by atoms with E-state index in [-0.39, 0.29) is 11.4 Å².